The van der Waals surface area contributed by atoms with Gasteiger partial charge in [-0.1, -0.05) is 13.0 Å². The molecule has 2 aromatic rings. The van der Waals surface area contributed by atoms with Gasteiger partial charge < -0.3 is 5.32 Å². The Labute approximate surface area is 131 Å². The second kappa shape index (κ2) is 6.93. The summed E-state index contributed by atoms with van der Waals surface area (Å²) in [5.41, 5.74) is -0.0955. The molecule has 0 amide bonds. The molecule has 1 atom stereocenters. The predicted octanol–water partition coefficient (Wildman–Crippen LogP) is 4.57. The van der Waals surface area contributed by atoms with Gasteiger partial charge in [0.25, 0.3) is 0 Å². The van der Waals surface area contributed by atoms with Crippen molar-refractivity contribution >= 4 is 5.95 Å². The standard InChI is InChI=1S/C16H16F4N3/c1-3-4-12-7-8-21-15(23-12)22-10(2)13-6-5-11(9-14(13)17)16(18,19)20/h3,5-10H,4H2,1-2H3,(H,21,22,23)/t10-/m0/s1. The minimum atomic E-state index is -4.57. The lowest BCUT2D eigenvalue weighted by molar-refractivity contribution is -0.137. The summed E-state index contributed by atoms with van der Waals surface area (Å²) in [5, 5.41) is 2.90. The number of hydrogen-bond acceptors (Lipinski definition) is 3. The van der Waals surface area contributed by atoms with E-state index in [0.717, 1.165) is 17.8 Å². The molecule has 1 aromatic heterocycles. The Balaban J connectivity index is 2.17. The summed E-state index contributed by atoms with van der Waals surface area (Å²) in [7, 11) is 0. The number of nitrogens with zero attached hydrogens (tertiary/aromatic N) is 2. The highest BCUT2D eigenvalue weighted by molar-refractivity contribution is 5.35. The van der Waals surface area contributed by atoms with E-state index in [-0.39, 0.29) is 5.56 Å². The molecule has 1 heterocycles. The van der Waals surface area contributed by atoms with Crippen LogP contribution in [0.2, 0.25) is 0 Å². The van der Waals surface area contributed by atoms with Crippen molar-refractivity contribution in [1.29, 1.82) is 0 Å². The summed E-state index contributed by atoms with van der Waals surface area (Å²) in [5.74, 6) is -0.617. The normalized spacial score (nSPS) is 13.0. The Hall–Kier alpha value is -2.18. The van der Waals surface area contributed by atoms with Crippen LogP contribution in [0, 0.1) is 12.2 Å². The molecule has 1 N–H and O–H groups in total. The van der Waals surface area contributed by atoms with E-state index in [1.54, 1.807) is 19.2 Å². The summed E-state index contributed by atoms with van der Waals surface area (Å²) in [4.78, 5) is 8.29. The first-order valence-electron chi connectivity index (χ1n) is 7.04. The fourth-order valence-electron chi connectivity index (χ4n) is 2.11. The highest BCUT2D eigenvalue weighted by Gasteiger charge is 2.31. The fraction of sp³-hybridized carbons (Fsp3) is 0.312. The number of halogens is 4. The van der Waals surface area contributed by atoms with Gasteiger partial charge in [0, 0.05) is 17.5 Å². The van der Waals surface area contributed by atoms with Crippen LogP contribution in [0.25, 0.3) is 0 Å². The molecular weight excluding hydrogens is 310 g/mol. The maximum absolute atomic E-state index is 13.9. The second-order valence-electron chi connectivity index (χ2n) is 5.08. The van der Waals surface area contributed by atoms with E-state index in [2.05, 4.69) is 15.3 Å². The molecule has 0 saturated carbocycles. The van der Waals surface area contributed by atoms with Crippen molar-refractivity contribution in [3.8, 4) is 0 Å². The average molecular weight is 326 g/mol. The third-order valence-corrected chi connectivity index (χ3v) is 3.27. The Kier molecular flexibility index (Phi) is 5.18. The molecule has 0 aliphatic carbocycles. The van der Waals surface area contributed by atoms with Crippen molar-refractivity contribution in [2.45, 2.75) is 32.5 Å². The maximum atomic E-state index is 13.9. The summed E-state index contributed by atoms with van der Waals surface area (Å²) in [6, 6.07) is 3.67. The van der Waals surface area contributed by atoms with Gasteiger partial charge in [-0.25, -0.2) is 14.4 Å². The van der Waals surface area contributed by atoms with E-state index in [1.165, 1.54) is 0 Å². The van der Waals surface area contributed by atoms with Crippen LogP contribution in [0.3, 0.4) is 0 Å². The summed E-state index contributed by atoms with van der Waals surface area (Å²) in [6.45, 7) is 3.53. The SMILES string of the molecule is C[CH]Cc1ccnc(N[C@@H](C)c2ccc(C(F)(F)F)cc2F)n1. The van der Waals surface area contributed by atoms with Gasteiger partial charge in [0.05, 0.1) is 11.6 Å². The molecule has 1 radical (unpaired) electrons. The van der Waals surface area contributed by atoms with E-state index in [0.29, 0.717) is 18.4 Å². The molecule has 23 heavy (non-hydrogen) atoms. The van der Waals surface area contributed by atoms with E-state index in [4.69, 9.17) is 0 Å². The van der Waals surface area contributed by atoms with Crippen molar-refractivity contribution in [2.75, 3.05) is 5.32 Å². The van der Waals surface area contributed by atoms with Crippen molar-refractivity contribution < 1.29 is 17.6 Å². The maximum Gasteiger partial charge on any atom is 0.416 e. The Bertz CT molecular complexity index is 671. The van der Waals surface area contributed by atoms with Gasteiger partial charge in [-0.2, -0.15) is 13.2 Å². The second-order valence-corrected chi connectivity index (χ2v) is 5.08. The van der Waals surface area contributed by atoms with E-state index in [1.807, 2.05) is 13.3 Å². The van der Waals surface area contributed by atoms with Crippen LogP contribution in [0.1, 0.15) is 36.7 Å². The van der Waals surface area contributed by atoms with Gasteiger partial charge in [0.15, 0.2) is 0 Å². The lowest BCUT2D eigenvalue weighted by Crippen LogP contribution is -2.13. The molecule has 0 unspecified atom stereocenters. The fourth-order valence-corrected chi connectivity index (χ4v) is 2.11. The number of anilines is 1. The number of alkyl halides is 3. The Morgan fingerprint density at radius 3 is 2.61 bits per heavy atom. The molecule has 0 saturated heterocycles. The molecule has 2 rings (SSSR count). The third-order valence-electron chi connectivity index (χ3n) is 3.27. The largest absolute Gasteiger partial charge is 0.416 e. The zero-order valence-corrected chi connectivity index (χ0v) is 12.7. The van der Waals surface area contributed by atoms with Crippen molar-refractivity contribution in [3.63, 3.8) is 0 Å². The first-order chi connectivity index (χ1) is 10.8. The van der Waals surface area contributed by atoms with Crippen LogP contribution in [0.4, 0.5) is 23.5 Å². The van der Waals surface area contributed by atoms with E-state index < -0.39 is 23.6 Å². The van der Waals surface area contributed by atoms with E-state index in [9.17, 15) is 17.6 Å². The highest BCUT2D eigenvalue weighted by Crippen LogP contribution is 2.31. The monoisotopic (exact) mass is 326 g/mol. The molecule has 0 fully saturated rings. The number of rotatable bonds is 5. The van der Waals surface area contributed by atoms with Crippen molar-refractivity contribution in [1.82, 2.24) is 9.97 Å². The van der Waals surface area contributed by atoms with Crippen LogP contribution in [0.5, 0.6) is 0 Å². The number of nitrogens with one attached hydrogen (secondary N) is 1. The first kappa shape index (κ1) is 17.2. The van der Waals surface area contributed by atoms with Gasteiger partial charge in [-0.05, 0) is 38.0 Å². The van der Waals surface area contributed by atoms with Gasteiger partial charge in [0.2, 0.25) is 5.95 Å². The lowest BCUT2D eigenvalue weighted by Gasteiger charge is -2.16. The van der Waals surface area contributed by atoms with Gasteiger partial charge in [0.1, 0.15) is 5.82 Å². The quantitative estimate of drug-likeness (QED) is 0.818. The topological polar surface area (TPSA) is 37.8 Å². The van der Waals surface area contributed by atoms with Crippen LogP contribution < -0.4 is 5.32 Å². The zero-order chi connectivity index (χ0) is 17.0. The van der Waals surface area contributed by atoms with Gasteiger partial charge >= 0.3 is 6.18 Å². The zero-order valence-electron chi connectivity index (χ0n) is 12.7. The van der Waals surface area contributed by atoms with Crippen LogP contribution in [-0.2, 0) is 12.6 Å². The lowest BCUT2D eigenvalue weighted by atomic mass is 10.0. The third kappa shape index (κ3) is 4.40. The number of hydrogen-bond donors (Lipinski definition) is 1. The average Bonchev–Trinajstić information content (AvgIpc) is 2.46. The molecule has 7 heteroatoms. The molecule has 0 bridgehead atoms. The number of benzene rings is 1. The molecule has 0 aliphatic rings. The van der Waals surface area contributed by atoms with Crippen LogP contribution in [-0.4, -0.2) is 9.97 Å². The van der Waals surface area contributed by atoms with Crippen LogP contribution >= 0.6 is 0 Å². The Morgan fingerprint density at radius 1 is 1.26 bits per heavy atom. The van der Waals surface area contributed by atoms with Crippen molar-refractivity contribution in [2.24, 2.45) is 0 Å². The minimum Gasteiger partial charge on any atom is -0.348 e. The predicted molar refractivity (Wildman–Crippen MR) is 79.1 cm³/mol. The first-order valence-corrected chi connectivity index (χ1v) is 7.04. The smallest absolute Gasteiger partial charge is 0.348 e. The van der Waals surface area contributed by atoms with Crippen LogP contribution in [0.15, 0.2) is 30.5 Å². The Morgan fingerprint density at radius 2 is 2.00 bits per heavy atom. The highest BCUT2D eigenvalue weighted by atomic mass is 19.4. The van der Waals surface area contributed by atoms with Gasteiger partial charge in [-0.3, -0.25) is 0 Å². The minimum absolute atomic E-state index is 0.119. The molecule has 1 aromatic carbocycles. The molecule has 123 valence electrons. The summed E-state index contributed by atoms with van der Waals surface area (Å²) < 4.78 is 51.6. The summed E-state index contributed by atoms with van der Waals surface area (Å²) in [6.07, 6.45) is -0.389. The molecular formula is C16H16F4N3. The number of aromatic nitrogens is 2. The van der Waals surface area contributed by atoms with E-state index >= 15 is 0 Å². The van der Waals surface area contributed by atoms with Crippen molar-refractivity contribution in [3.05, 3.63) is 59.5 Å². The van der Waals surface area contributed by atoms with Gasteiger partial charge in [-0.15, -0.1) is 0 Å². The molecule has 3 nitrogen and oxygen atoms in total. The molecule has 0 spiro atoms. The molecule has 0 aliphatic heterocycles. The summed E-state index contributed by atoms with van der Waals surface area (Å²) >= 11 is 0.